The average Bonchev–Trinajstić information content (AvgIpc) is 2.84. The lowest BCUT2D eigenvalue weighted by Gasteiger charge is -2.12. The van der Waals surface area contributed by atoms with E-state index in [-0.39, 0.29) is 11.8 Å². The lowest BCUT2D eigenvalue weighted by atomic mass is 10.0. The van der Waals surface area contributed by atoms with E-state index in [4.69, 9.17) is 4.74 Å². The molecule has 0 aliphatic rings. The zero-order valence-electron chi connectivity index (χ0n) is 20.0. The molecule has 0 heterocycles. The van der Waals surface area contributed by atoms with E-state index in [1.54, 1.807) is 12.1 Å². The SMILES string of the molecule is CN(C)CCCCOC(=O)c1ccc(N(C)C)cc1.O=C(c1ccccc1)c1ccccc1. The van der Waals surface area contributed by atoms with Gasteiger partial charge in [-0.15, -0.1) is 0 Å². The summed E-state index contributed by atoms with van der Waals surface area (Å²) in [5.74, 6) is -0.165. The molecule has 0 fully saturated rings. The van der Waals surface area contributed by atoms with Crippen LogP contribution in [0, 0.1) is 0 Å². The molecule has 33 heavy (non-hydrogen) atoms. The largest absolute Gasteiger partial charge is 0.462 e. The van der Waals surface area contributed by atoms with Gasteiger partial charge >= 0.3 is 5.97 Å². The second-order valence-corrected chi connectivity index (χ2v) is 8.15. The number of carbonyl (C=O) groups excluding carboxylic acids is 2. The maximum Gasteiger partial charge on any atom is 0.338 e. The second-order valence-electron chi connectivity index (χ2n) is 8.15. The number of carbonyl (C=O) groups is 2. The number of ketones is 1. The number of unbranched alkanes of at least 4 members (excludes halogenated alkanes) is 1. The lowest BCUT2D eigenvalue weighted by molar-refractivity contribution is 0.0496. The van der Waals surface area contributed by atoms with Crippen molar-refractivity contribution in [1.82, 2.24) is 4.90 Å². The first kappa shape index (κ1) is 25.8. The lowest BCUT2D eigenvalue weighted by Crippen LogP contribution is -2.14. The first-order valence-electron chi connectivity index (χ1n) is 11.1. The van der Waals surface area contributed by atoms with Crippen LogP contribution >= 0.6 is 0 Å². The summed E-state index contributed by atoms with van der Waals surface area (Å²) in [6, 6.07) is 26.1. The highest BCUT2D eigenvalue weighted by Gasteiger charge is 2.07. The minimum Gasteiger partial charge on any atom is -0.462 e. The number of hydrogen-bond acceptors (Lipinski definition) is 5. The molecule has 3 aromatic carbocycles. The molecule has 0 aromatic heterocycles. The number of rotatable bonds is 9. The Labute approximate surface area is 197 Å². The monoisotopic (exact) mass is 446 g/mol. The van der Waals surface area contributed by atoms with Gasteiger partial charge < -0.3 is 14.5 Å². The van der Waals surface area contributed by atoms with Gasteiger partial charge in [0.1, 0.15) is 0 Å². The Morgan fingerprint density at radius 2 is 1.18 bits per heavy atom. The number of benzene rings is 3. The van der Waals surface area contributed by atoms with Crippen LogP contribution in [0.25, 0.3) is 0 Å². The summed E-state index contributed by atoms with van der Waals surface area (Å²) < 4.78 is 5.24. The molecule has 0 atom stereocenters. The molecule has 0 radical (unpaired) electrons. The van der Waals surface area contributed by atoms with Crippen LogP contribution in [0.15, 0.2) is 84.9 Å². The van der Waals surface area contributed by atoms with E-state index in [9.17, 15) is 9.59 Å². The van der Waals surface area contributed by atoms with Gasteiger partial charge in [0.2, 0.25) is 0 Å². The van der Waals surface area contributed by atoms with Crippen LogP contribution in [0.3, 0.4) is 0 Å². The molecule has 0 spiro atoms. The molecular weight excluding hydrogens is 412 g/mol. The molecule has 0 bridgehead atoms. The van der Waals surface area contributed by atoms with Crippen molar-refractivity contribution in [2.45, 2.75) is 12.8 Å². The van der Waals surface area contributed by atoms with E-state index >= 15 is 0 Å². The Morgan fingerprint density at radius 1 is 0.667 bits per heavy atom. The highest BCUT2D eigenvalue weighted by molar-refractivity contribution is 6.08. The smallest absolute Gasteiger partial charge is 0.338 e. The van der Waals surface area contributed by atoms with Crippen molar-refractivity contribution < 1.29 is 14.3 Å². The fourth-order valence-corrected chi connectivity index (χ4v) is 3.02. The van der Waals surface area contributed by atoms with Crippen LogP contribution in [-0.4, -0.2) is 58.0 Å². The molecule has 5 heteroatoms. The number of nitrogens with zero attached hydrogens (tertiary/aromatic N) is 2. The zero-order valence-corrected chi connectivity index (χ0v) is 20.0. The molecule has 0 aliphatic heterocycles. The highest BCUT2D eigenvalue weighted by atomic mass is 16.5. The van der Waals surface area contributed by atoms with Crippen LogP contribution in [-0.2, 0) is 4.74 Å². The topological polar surface area (TPSA) is 49.9 Å². The van der Waals surface area contributed by atoms with E-state index in [1.165, 1.54) is 0 Å². The third-order valence-corrected chi connectivity index (χ3v) is 4.92. The van der Waals surface area contributed by atoms with Gasteiger partial charge in [0.15, 0.2) is 5.78 Å². The molecule has 174 valence electrons. The zero-order chi connectivity index (χ0) is 24.1. The molecule has 0 N–H and O–H groups in total. The summed E-state index contributed by atoms with van der Waals surface area (Å²) in [6.45, 7) is 1.51. The van der Waals surface area contributed by atoms with Crippen molar-refractivity contribution in [1.29, 1.82) is 0 Å². The van der Waals surface area contributed by atoms with Crippen molar-refractivity contribution in [3.63, 3.8) is 0 Å². The van der Waals surface area contributed by atoms with Gasteiger partial charge in [-0.3, -0.25) is 4.79 Å². The first-order chi connectivity index (χ1) is 15.9. The third-order valence-electron chi connectivity index (χ3n) is 4.92. The summed E-state index contributed by atoms with van der Waals surface area (Å²) in [5, 5.41) is 0. The molecule has 3 rings (SSSR count). The quantitative estimate of drug-likeness (QED) is 0.258. The average molecular weight is 447 g/mol. The standard InChI is InChI=1S/C15H24N2O2.C13H10O/c1-16(2)11-5-6-12-19-15(18)13-7-9-14(10-8-13)17(3)4;14-13(11-7-3-1-4-8-11)12-9-5-2-6-10-12/h7-10H,5-6,11-12H2,1-4H3;1-10H. The van der Waals surface area contributed by atoms with Gasteiger partial charge in [-0.25, -0.2) is 4.79 Å². The fraction of sp³-hybridized carbons (Fsp3) is 0.286. The Bertz CT molecular complexity index is 928. The van der Waals surface area contributed by atoms with E-state index in [2.05, 4.69) is 4.90 Å². The van der Waals surface area contributed by atoms with Crippen molar-refractivity contribution >= 4 is 17.4 Å². The molecule has 3 aromatic rings. The van der Waals surface area contributed by atoms with E-state index in [1.807, 2.05) is 106 Å². The first-order valence-corrected chi connectivity index (χ1v) is 11.1. The summed E-state index contributed by atoms with van der Waals surface area (Å²) in [4.78, 5) is 27.7. The summed E-state index contributed by atoms with van der Waals surface area (Å²) >= 11 is 0. The third kappa shape index (κ3) is 9.29. The Kier molecular flexibility index (Phi) is 10.8. The van der Waals surface area contributed by atoms with Crippen LogP contribution in [0.1, 0.15) is 39.1 Å². The molecule has 0 aliphatic carbocycles. The number of anilines is 1. The van der Waals surface area contributed by atoms with Crippen molar-refractivity contribution in [2.75, 3.05) is 46.2 Å². The van der Waals surface area contributed by atoms with Crippen LogP contribution < -0.4 is 4.90 Å². The van der Waals surface area contributed by atoms with Crippen molar-refractivity contribution in [3.8, 4) is 0 Å². The summed E-state index contributed by atoms with van der Waals surface area (Å²) in [6.07, 6.45) is 1.94. The van der Waals surface area contributed by atoms with Gasteiger partial charge in [0.05, 0.1) is 12.2 Å². The maximum absolute atomic E-state index is 11.8. The maximum atomic E-state index is 11.8. The van der Waals surface area contributed by atoms with Crippen molar-refractivity contribution in [2.24, 2.45) is 0 Å². The molecule has 0 amide bonds. The summed E-state index contributed by atoms with van der Waals surface area (Å²) in [7, 11) is 8.02. The van der Waals surface area contributed by atoms with E-state index < -0.39 is 0 Å². The van der Waals surface area contributed by atoms with Gasteiger partial charge in [0, 0.05) is 30.9 Å². The molecule has 0 saturated carbocycles. The van der Waals surface area contributed by atoms with E-state index in [0.717, 1.165) is 36.2 Å². The minimum atomic E-state index is -0.241. The molecular formula is C28H34N2O3. The normalized spacial score (nSPS) is 10.2. The highest BCUT2D eigenvalue weighted by Crippen LogP contribution is 2.13. The Balaban J connectivity index is 0.000000243. The Morgan fingerprint density at radius 3 is 1.64 bits per heavy atom. The predicted octanol–water partition coefficient (Wildman–Crippen LogP) is 5.17. The van der Waals surface area contributed by atoms with Gasteiger partial charge in [-0.1, -0.05) is 60.7 Å². The second kappa shape index (κ2) is 13.9. The minimum absolute atomic E-state index is 0.0752. The van der Waals surface area contributed by atoms with Crippen LogP contribution in [0.5, 0.6) is 0 Å². The van der Waals surface area contributed by atoms with Gasteiger partial charge in [-0.05, 0) is 57.7 Å². The molecule has 0 saturated heterocycles. The number of ether oxygens (including phenoxy) is 1. The number of hydrogen-bond donors (Lipinski definition) is 0. The summed E-state index contributed by atoms with van der Waals surface area (Å²) in [5.41, 5.74) is 3.15. The molecule has 0 unspecified atom stereocenters. The van der Waals surface area contributed by atoms with Gasteiger partial charge in [0.25, 0.3) is 0 Å². The number of esters is 1. The predicted molar refractivity (Wildman–Crippen MR) is 135 cm³/mol. The van der Waals surface area contributed by atoms with Crippen molar-refractivity contribution in [3.05, 3.63) is 102 Å². The molecule has 5 nitrogen and oxygen atoms in total. The van der Waals surface area contributed by atoms with Gasteiger partial charge in [-0.2, -0.15) is 0 Å². The fourth-order valence-electron chi connectivity index (χ4n) is 3.02. The van der Waals surface area contributed by atoms with Crippen LogP contribution in [0.2, 0.25) is 0 Å². The van der Waals surface area contributed by atoms with E-state index in [0.29, 0.717) is 12.2 Å². The van der Waals surface area contributed by atoms with Crippen LogP contribution in [0.4, 0.5) is 5.69 Å². The Hall–Kier alpha value is -3.44.